The van der Waals surface area contributed by atoms with Gasteiger partial charge in [-0.1, -0.05) is 12.1 Å². The highest BCUT2D eigenvalue weighted by molar-refractivity contribution is 5.93. The summed E-state index contributed by atoms with van der Waals surface area (Å²) in [5.74, 6) is 0. The van der Waals surface area contributed by atoms with Gasteiger partial charge in [-0.3, -0.25) is 4.90 Å². The summed E-state index contributed by atoms with van der Waals surface area (Å²) in [5, 5.41) is 2.74. The molecule has 12 heavy (non-hydrogen) atoms. The minimum absolute atomic E-state index is 0.0189. The van der Waals surface area contributed by atoms with Crippen molar-refractivity contribution < 1.29 is 4.79 Å². The molecule has 1 N–H and O–H groups in total. The van der Waals surface area contributed by atoms with E-state index in [0.717, 1.165) is 18.8 Å². The van der Waals surface area contributed by atoms with Gasteiger partial charge in [-0.25, -0.2) is 4.79 Å². The Morgan fingerprint density at radius 2 is 2.50 bits per heavy atom. The van der Waals surface area contributed by atoms with Crippen molar-refractivity contribution in [3.8, 4) is 0 Å². The SMILES string of the molecule is O=C1NCCN1c1c[c]ccc1. The average molecular weight is 161 g/mol. The molecule has 0 atom stereocenters. The van der Waals surface area contributed by atoms with E-state index >= 15 is 0 Å². The van der Waals surface area contributed by atoms with E-state index in [1.807, 2.05) is 24.3 Å². The maximum absolute atomic E-state index is 11.2. The summed E-state index contributed by atoms with van der Waals surface area (Å²) >= 11 is 0. The van der Waals surface area contributed by atoms with Crippen molar-refractivity contribution in [3.05, 3.63) is 30.3 Å². The summed E-state index contributed by atoms with van der Waals surface area (Å²) in [7, 11) is 0. The van der Waals surface area contributed by atoms with E-state index < -0.39 is 0 Å². The first kappa shape index (κ1) is 7.16. The van der Waals surface area contributed by atoms with Gasteiger partial charge in [0.05, 0.1) is 0 Å². The van der Waals surface area contributed by atoms with Crippen LogP contribution in [0.2, 0.25) is 0 Å². The molecule has 1 saturated heterocycles. The predicted octanol–water partition coefficient (Wildman–Crippen LogP) is 1.02. The Bertz CT molecular complexity index is 284. The van der Waals surface area contributed by atoms with E-state index in [1.165, 1.54) is 0 Å². The van der Waals surface area contributed by atoms with Crippen molar-refractivity contribution in [1.82, 2.24) is 5.32 Å². The highest BCUT2D eigenvalue weighted by atomic mass is 16.2. The maximum atomic E-state index is 11.2. The summed E-state index contributed by atoms with van der Waals surface area (Å²) in [6, 6.07) is 10.3. The molecule has 1 aliphatic heterocycles. The molecule has 0 spiro atoms. The molecular weight excluding hydrogens is 152 g/mol. The number of rotatable bonds is 1. The molecule has 0 bridgehead atoms. The Morgan fingerprint density at radius 3 is 3.08 bits per heavy atom. The molecule has 1 fully saturated rings. The van der Waals surface area contributed by atoms with Crippen LogP contribution in [0.3, 0.4) is 0 Å². The van der Waals surface area contributed by atoms with Crippen LogP contribution in [-0.2, 0) is 0 Å². The van der Waals surface area contributed by atoms with Gasteiger partial charge >= 0.3 is 6.03 Å². The molecule has 61 valence electrons. The molecule has 1 radical (unpaired) electrons. The normalized spacial score (nSPS) is 16.3. The lowest BCUT2D eigenvalue weighted by atomic mass is 10.3. The van der Waals surface area contributed by atoms with Crippen LogP contribution in [0.4, 0.5) is 10.5 Å². The van der Waals surface area contributed by atoms with Gasteiger partial charge in [0.15, 0.2) is 0 Å². The van der Waals surface area contributed by atoms with E-state index in [-0.39, 0.29) is 6.03 Å². The summed E-state index contributed by atoms with van der Waals surface area (Å²) in [5.41, 5.74) is 0.910. The van der Waals surface area contributed by atoms with Crippen molar-refractivity contribution in [2.24, 2.45) is 0 Å². The molecule has 1 heterocycles. The molecule has 0 saturated carbocycles. The standard InChI is InChI=1S/C9H9N2O/c12-9-10-6-7-11(9)8-4-2-1-3-5-8/h1-2,4-5H,6-7H2,(H,10,12). The number of benzene rings is 1. The van der Waals surface area contributed by atoms with Gasteiger partial charge in [-0.15, -0.1) is 0 Å². The summed E-state index contributed by atoms with van der Waals surface area (Å²) in [4.78, 5) is 12.9. The van der Waals surface area contributed by atoms with Crippen LogP contribution in [0.25, 0.3) is 0 Å². The molecule has 1 aromatic rings. The number of nitrogens with one attached hydrogen (secondary N) is 1. The van der Waals surface area contributed by atoms with E-state index in [0.29, 0.717) is 0 Å². The van der Waals surface area contributed by atoms with E-state index in [4.69, 9.17) is 0 Å². The largest absolute Gasteiger partial charge is 0.336 e. The van der Waals surface area contributed by atoms with E-state index in [9.17, 15) is 4.79 Å². The smallest absolute Gasteiger partial charge is 0.321 e. The van der Waals surface area contributed by atoms with E-state index in [1.54, 1.807) is 4.90 Å². The third-order valence-corrected chi connectivity index (χ3v) is 1.86. The second kappa shape index (κ2) is 2.85. The molecule has 0 aromatic heterocycles. The van der Waals surface area contributed by atoms with Gasteiger partial charge < -0.3 is 5.32 Å². The first-order valence-corrected chi connectivity index (χ1v) is 3.89. The summed E-state index contributed by atoms with van der Waals surface area (Å²) in [6.45, 7) is 1.48. The van der Waals surface area contributed by atoms with Crippen LogP contribution in [0.15, 0.2) is 24.3 Å². The molecule has 1 aliphatic rings. The fraction of sp³-hybridized carbons (Fsp3) is 0.222. The second-order valence-corrected chi connectivity index (χ2v) is 2.65. The zero-order valence-electron chi connectivity index (χ0n) is 6.58. The molecule has 3 heteroatoms. The van der Waals surface area contributed by atoms with Gasteiger partial charge in [0.25, 0.3) is 0 Å². The number of anilines is 1. The molecule has 0 aliphatic carbocycles. The number of carbonyl (C=O) groups is 1. The molecule has 1 aromatic carbocycles. The van der Waals surface area contributed by atoms with Crippen LogP contribution < -0.4 is 10.2 Å². The Kier molecular flexibility index (Phi) is 1.70. The second-order valence-electron chi connectivity index (χ2n) is 2.65. The fourth-order valence-corrected chi connectivity index (χ4v) is 1.27. The number of nitrogens with zero attached hydrogens (tertiary/aromatic N) is 1. The van der Waals surface area contributed by atoms with Crippen LogP contribution in [0.5, 0.6) is 0 Å². The van der Waals surface area contributed by atoms with Gasteiger partial charge in [-0.2, -0.15) is 0 Å². The molecule has 3 nitrogen and oxygen atoms in total. The zero-order chi connectivity index (χ0) is 8.39. The highest BCUT2D eigenvalue weighted by Gasteiger charge is 2.20. The van der Waals surface area contributed by atoms with Gasteiger partial charge in [0, 0.05) is 18.8 Å². The van der Waals surface area contributed by atoms with Crippen molar-refractivity contribution in [2.45, 2.75) is 0 Å². The third-order valence-electron chi connectivity index (χ3n) is 1.86. The highest BCUT2D eigenvalue weighted by Crippen LogP contribution is 2.14. The number of carbonyl (C=O) groups excluding carboxylic acids is 1. The van der Waals surface area contributed by atoms with E-state index in [2.05, 4.69) is 11.4 Å². The fourth-order valence-electron chi connectivity index (χ4n) is 1.27. The van der Waals surface area contributed by atoms with Crippen LogP contribution in [0, 0.1) is 6.07 Å². The first-order valence-electron chi connectivity index (χ1n) is 3.89. The van der Waals surface area contributed by atoms with Crippen LogP contribution in [-0.4, -0.2) is 19.1 Å². The molecular formula is C9H9N2O. The van der Waals surface area contributed by atoms with Crippen molar-refractivity contribution in [2.75, 3.05) is 18.0 Å². The van der Waals surface area contributed by atoms with Crippen molar-refractivity contribution in [1.29, 1.82) is 0 Å². The predicted molar refractivity (Wildman–Crippen MR) is 46.0 cm³/mol. The Hall–Kier alpha value is -1.51. The monoisotopic (exact) mass is 161 g/mol. The Balaban J connectivity index is 2.25. The molecule has 2 rings (SSSR count). The number of amides is 2. The van der Waals surface area contributed by atoms with Crippen molar-refractivity contribution >= 4 is 11.7 Å². The Morgan fingerprint density at radius 1 is 1.58 bits per heavy atom. The van der Waals surface area contributed by atoms with Crippen molar-refractivity contribution in [3.63, 3.8) is 0 Å². The maximum Gasteiger partial charge on any atom is 0.321 e. The number of urea groups is 1. The summed E-state index contributed by atoms with van der Waals surface area (Å²) < 4.78 is 0. The topological polar surface area (TPSA) is 32.3 Å². The Labute approximate surface area is 71.0 Å². The minimum Gasteiger partial charge on any atom is -0.336 e. The number of hydrogen-bond donors (Lipinski definition) is 1. The lowest BCUT2D eigenvalue weighted by Crippen LogP contribution is -2.27. The number of hydrogen-bond acceptors (Lipinski definition) is 1. The lowest BCUT2D eigenvalue weighted by Gasteiger charge is -2.12. The average Bonchev–Trinajstić information content (AvgIpc) is 2.53. The quantitative estimate of drug-likeness (QED) is 0.655. The van der Waals surface area contributed by atoms with Crippen LogP contribution in [0.1, 0.15) is 0 Å². The molecule has 0 unspecified atom stereocenters. The first-order chi connectivity index (χ1) is 5.88. The summed E-state index contributed by atoms with van der Waals surface area (Å²) in [6.07, 6.45) is 0. The van der Waals surface area contributed by atoms with Crippen LogP contribution >= 0.6 is 0 Å². The zero-order valence-corrected chi connectivity index (χ0v) is 6.58. The van der Waals surface area contributed by atoms with Gasteiger partial charge in [0.1, 0.15) is 0 Å². The lowest BCUT2D eigenvalue weighted by molar-refractivity contribution is 0.252. The minimum atomic E-state index is -0.0189. The third kappa shape index (κ3) is 1.13. The van der Waals surface area contributed by atoms with Gasteiger partial charge in [0.2, 0.25) is 0 Å². The molecule has 2 amide bonds. The van der Waals surface area contributed by atoms with Gasteiger partial charge in [-0.05, 0) is 18.2 Å².